The molecule has 1 atom stereocenters. The van der Waals surface area contributed by atoms with Gasteiger partial charge >= 0.3 is 5.97 Å². The standard InChI is InChI=1S/C25H20N2O4/c1-15-11-13-17(14-12-15)22(28)18-7-3-4-8-19(18)25(30)31-16(2)23-26-21-10-6-5-9-20(21)24(29)27-23/h3-14,16H,1-2H3,(H,26,27,29)/t16-/m0/s1. The molecule has 0 unspecified atom stereocenters. The Hall–Kier alpha value is -4.06. The van der Waals surface area contributed by atoms with Crippen molar-refractivity contribution in [1.82, 2.24) is 9.97 Å². The number of aromatic nitrogens is 2. The second-order valence-corrected chi connectivity index (χ2v) is 7.26. The number of nitrogens with zero attached hydrogens (tertiary/aromatic N) is 1. The molecule has 154 valence electrons. The fourth-order valence-electron chi connectivity index (χ4n) is 3.30. The van der Waals surface area contributed by atoms with Crippen LogP contribution in [0.25, 0.3) is 10.9 Å². The first-order chi connectivity index (χ1) is 14.9. The molecule has 1 aromatic heterocycles. The maximum atomic E-state index is 13.0. The first kappa shape index (κ1) is 20.2. The molecule has 1 N–H and O–H groups in total. The predicted octanol–water partition coefficient (Wildman–Crippen LogP) is 4.38. The summed E-state index contributed by atoms with van der Waals surface area (Å²) in [6, 6.07) is 20.6. The third-order valence-corrected chi connectivity index (χ3v) is 5.01. The average molecular weight is 412 g/mol. The number of para-hydroxylation sites is 1. The van der Waals surface area contributed by atoms with Crippen molar-refractivity contribution in [3.05, 3.63) is 111 Å². The molecule has 1 heterocycles. The Morgan fingerprint density at radius 1 is 0.903 bits per heavy atom. The van der Waals surface area contributed by atoms with Crippen LogP contribution >= 0.6 is 0 Å². The average Bonchev–Trinajstić information content (AvgIpc) is 2.79. The number of carbonyl (C=O) groups excluding carboxylic acids is 2. The first-order valence-corrected chi connectivity index (χ1v) is 9.84. The lowest BCUT2D eigenvalue weighted by molar-refractivity contribution is 0.0318. The van der Waals surface area contributed by atoms with Crippen LogP contribution in [0.5, 0.6) is 0 Å². The number of ether oxygens (including phenoxy) is 1. The molecule has 0 amide bonds. The quantitative estimate of drug-likeness (QED) is 0.388. The highest BCUT2D eigenvalue weighted by molar-refractivity contribution is 6.14. The SMILES string of the molecule is Cc1ccc(C(=O)c2ccccc2C(=O)O[C@@H](C)c2nc3ccccc3c(=O)[nH]2)cc1. The van der Waals surface area contributed by atoms with Gasteiger partial charge in [0.15, 0.2) is 17.7 Å². The number of benzene rings is 3. The monoisotopic (exact) mass is 412 g/mol. The van der Waals surface area contributed by atoms with Crippen LogP contribution in [0.4, 0.5) is 0 Å². The van der Waals surface area contributed by atoms with Crippen molar-refractivity contribution in [1.29, 1.82) is 0 Å². The summed E-state index contributed by atoms with van der Waals surface area (Å²) in [6.07, 6.45) is -0.813. The van der Waals surface area contributed by atoms with Gasteiger partial charge in [-0.1, -0.05) is 60.2 Å². The molecule has 4 aromatic rings. The Morgan fingerprint density at radius 2 is 1.55 bits per heavy atom. The molecule has 31 heavy (non-hydrogen) atoms. The van der Waals surface area contributed by atoms with E-state index in [1.54, 1.807) is 67.6 Å². The second-order valence-electron chi connectivity index (χ2n) is 7.26. The van der Waals surface area contributed by atoms with Crippen LogP contribution in [0.15, 0.2) is 77.6 Å². The number of H-pyrrole nitrogens is 1. The van der Waals surface area contributed by atoms with Gasteiger partial charge in [-0.15, -0.1) is 0 Å². The number of aryl methyl sites for hydroxylation is 1. The van der Waals surface area contributed by atoms with Crippen molar-refractivity contribution in [2.45, 2.75) is 20.0 Å². The maximum absolute atomic E-state index is 13.0. The van der Waals surface area contributed by atoms with Gasteiger partial charge in [-0.3, -0.25) is 9.59 Å². The lowest BCUT2D eigenvalue weighted by Crippen LogP contribution is -2.19. The number of aromatic amines is 1. The van der Waals surface area contributed by atoms with Crippen LogP contribution in [-0.4, -0.2) is 21.7 Å². The van der Waals surface area contributed by atoms with Crippen molar-refractivity contribution < 1.29 is 14.3 Å². The molecular formula is C25H20N2O4. The zero-order chi connectivity index (χ0) is 22.0. The number of nitrogens with one attached hydrogen (secondary N) is 1. The number of hydrogen-bond acceptors (Lipinski definition) is 5. The summed E-state index contributed by atoms with van der Waals surface area (Å²) < 4.78 is 5.55. The zero-order valence-electron chi connectivity index (χ0n) is 17.1. The number of esters is 1. The van der Waals surface area contributed by atoms with Crippen molar-refractivity contribution in [2.24, 2.45) is 0 Å². The van der Waals surface area contributed by atoms with E-state index in [9.17, 15) is 14.4 Å². The van der Waals surface area contributed by atoms with Crippen LogP contribution in [-0.2, 0) is 4.74 Å². The van der Waals surface area contributed by atoms with Gasteiger partial charge in [-0.05, 0) is 32.0 Å². The molecule has 0 aliphatic carbocycles. The molecule has 0 saturated carbocycles. The number of hydrogen-bond donors (Lipinski definition) is 1. The van der Waals surface area contributed by atoms with E-state index in [0.29, 0.717) is 16.5 Å². The predicted molar refractivity (Wildman–Crippen MR) is 117 cm³/mol. The number of rotatable bonds is 5. The van der Waals surface area contributed by atoms with E-state index in [1.165, 1.54) is 0 Å². The van der Waals surface area contributed by atoms with Gasteiger partial charge in [0.1, 0.15) is 0 Å². The number of ketones is 1. The Kier molecular flexibility index (Phi) is 5.45. The lowest BCUT2D eigenvalue weighted by atomic mass is 9.98. The maximum Gasteiger partial charge on any atom is 0.339 e. The Morgan fingerprint density at radius 3 is 2.29 bits per heavy atom. The molecule has 0 aliphatic heterocycles. The van der Waals surface area contributed by atoms with E-state index in [1.807, 2.05) is 19.1 Å². The van der Waals surface area contributed by atoms with Crippen LogP contribution in [0.1, 0.15) is 50.7 Å². The summed E-state index contributed by atoms with van der Waals surface area (Å²) in [5, 5.41) is 0.457. The van der Waals surface area contributed by atoms with Crippen LogP contribution < -0.4 is 5.56 Å². The molecule has 0 bridgehead atoms. The lowest BCUT2D eigenvalue weighted by Gasteiger charge is -2.14. The van der Waals surface area contributed by atoms with Gasteiger partial charge in [0.2, 0.25) is 0 Å². The molecule has 4 rings (SSSR count). The third-order valence-electron chi connectivity index (χ3n) is 5.01. The fraction of sp³-hybridized carbons (Fsp3) is 0.120. The first-order valence-electron chi connectivity index (χ1n) is 9.84. The van der Waals surface area contributed by atoms with E-state index >= 15 is 0 Å². The topological polar surface area (TPSA) is 89.1 Å². The smallest absolute Gasteiger partial charge is 0.339 e. The number of carbonyl (C=O) groups is 2. The van der Waals surface area contributed by atoms with Crippen molar-refractivity contribution in [2.75, 3.05) is 0 Å². The normalized spacial score (nSPS) is 11.8. The Bertz CT molecular complexity index is 1340. The third kappa shape index (κ3) is 4.14. The van der Waals surface area contributed by atoms with Crippen LogP contribution in [0.3, 0.4) is 0 Å². The molecule has 0 radical (unpaired) electrons. The molecule has 3 aromatic carbocycles. The largest absolute Gasteiger partial charge is 0.451 e. The summed E-state index contributed by atoms with van der Waals surface area (Å²) in [7, 11) is 0. The second kappa shape index (κ2) is 8.36. The van der Waals surface area contributed by atoms with Crippen LogP contribution in [0, 0.1) is 6.92 Å². The highest BCUT2D eigenvalue weighted by Crippen LogP contribution is 2.20. The molecule has 0 saturated heterocycles. The van der Waals surface area contributed by atoms with E-state index in [4.69, 9.17) is 4.74 Å². The highest BCUT2D eigenvalue weighted by atomic mass is 16.5. The summed E-state index contributed by atoms with van der Waals surface area (Å²) in [5.74, 6) is -0.698. The summed E-state index contributed by atoms with van der Waals surface area (Å²) in [5.41, 5.74) is 2.14. The van der Waals surface area contributed by atoms with Gasteiger partial charge in [-0.2, -0.15) is 0 Å². The van der Waals surface area contributed by atoms with Crippen molar-refractivity contribution in [3.63, 3.8) is 0 Å². The highest BCUT2D eigenvalue weighted by Gasteiger charge is 2.22. The molecule has 0 aliphatic rings. The van der Waals surface area contributed by atoms with Gasteiger partial charge in [0, 0.05) is 11.1 Å². The van der Waals surface area contributed by atoms with Gasteiger partial charge < -0.3 is 9.72 Å². The molecule has 6 heteroatoms. The minimum Gasteiger partial charge on any atom is -0.451 e. The molecular weight excluding hydrogens is 392 g/mol. The summed E-state index contributed by atoms with van der Waals surface area (Å²) in [6.45, 7) is 3.56. The van der Waals surface area contributed by atoms with Crippen LogP contribution in [0.2, 0.25) is 0 Å². The zero-order valence-corrected chi connectivity index (χ0v) is 17.1. The minimum atomic E-state index is -0.813. The summed E-state index contributed by atoms with van der Waals surface area (Å²) >= 11 is 0. The van der Waals surface area contributed by atoms with E-state index < -0.39 is 12.1 Å². The minimum absolute atomic E-state index is 0.156. The fourth-order valence-corrected chi connectivity index (χ4v) is 3.30. The van der Waals surface area contributed by atoms with E-state index in [0.717, 1.165) is 5.56 Å². The molecule has 6 nitrogen and oxygen atoms in total. The van der Waals surface area contributed by atoms with Crippen molar-refractivity contribution >= 4 is 22.7 Å². The number of fused-ring (bicyclic) bond motifs is 1. The van der Waals surface area contributed by atoms with Gasteiger partial charge in [0.25, 0.3) is 5.56 Å². The van der Waals surface area contributed by atoms with Crippen molar-refractivity contribution in [3.8, 4) is 0 Å². The molecule has 0 fully saturated rings. The van der Waals surface area contributed by atoms with Gasteiger partial charge in [0.05, 0.1) is 16.5 Å². The van der Waals surface area contributed by atoms with E-state index in [2.05, 4.69) is 9.97 Å². The van der Waals surface area contributed by atoms with Gasteiger partial charge in [-0.25, -0.2) is 9.78 Å². The Balaban J connectivity index is 1.61. The molecule has 0 spiro atoms. The summed E-state index contributed by atoms with van der Waals surface area (Å²) in [4.78, 5) is 45.2. The Labute approximate surface area is 178 Å². The van der Waals surface area contributed by atoms with E-state index in [-0.39, 0.29) is 28.3 Å².